The quantitative estimate of drug-likeness (QED) is 0.774. The third-order valence-electron chi connectivity index (χ3n) is 3.63. The minimum absolute atomic E-state index is 0.122. The number of carbonyl (C=O) groups is 1. The topological polar surface area (TPSA) is 20.3 Å². The predicted molar refractivity (Wildman–Crippen MR) is 77.9 cm³/mol. The Morgan fingerprint density at radius 2 is 2.26 bits per heavy atom. The van der Waals surface area contributed by atoms with Crippen LogP contribution >= 0.6 is 15.9 Å². The summed E-state index contributed by atoms with van der Waals surface area (Å²) in [6, 6.07) is 6.66. The molecule has 0 aliphatic carbocycles. The number of benzene rings is 1. The average molecular weight is 328 g/mol. The Balaban J connectivity index is 2.01. The minimum atomic E-state index is -0.277. The fourth-order valence-electron chi connectivity index (χ4n) is 2.68. The summed E-state index contributed by atoms with van der Waals surface area (Å²) in [4.78, 5) is 14.3. The fourth-order valence-corrected chi connectivity index (χ4v) is 3.21. The van der Waals surface area contributed by atoms with E-state index in [9.17, 15) is 9.18 Å². The largest absolute Gasteiger partial charge is 0.339 e. The maximum Gasteiger partial charge on any atom is 0.227 e. The first-order valence-corrected chi connectivity index (χ1v) is 7.92. The van der Waals surface area contributed by atoms with Crippen LogP contribution in [0.25, 0.3) is 0 Å². The Labute approximate surface area is 122 Å². The van der Waals surface area contributed by atoms with Gasteiger partial charge in [0.15, 0.2) is 0 Å². The van der Waals surface area contributed by atoms with Gasteiger partial charge in [-0.25, -0.2) is 4.39 Å². The highest BCUT2D eigenvalue weighted by atomic mass is 79.9. The molecule has 0 N–H and O–H groups in total. The van der Waals surface area contributed by atoms with Crippen molar-refractivity contribution >= 4 is 21.8 Å². The zero-order valence-electron chi connectivity index (χ0n) is 10.9. The highest BCUT2D eigenvalue weighted by Crippen LogP contribution is 2.21. The molecule has 4 heteroatoms. The van der Waals surface area contributed by atoms with E-state index in [4.69, 9.17) is 0 Å². The van der Waals surface area contributed by atoms with Crippen molar-refractivity contribution in [3.8, 4) is 0 Å². The van der Waals surface area contributed by atoms with E-state index in [1.165, 1.54) is 18.6 Å². The molecule has 1 saturated heterocycles. The van der Waals surface area contributed by atoms with Gasteiger partial charge in [-0.15, -0.1) is 0 Å². The number of likely N-dealkylation sites (tertiary alicyclic amines) is 1. The zero-order valence-corrected chi connectivity index (χ0v) is 12.5. The second kappa shape index (κ2) is 7.04. The first-order valence-electron chi connectivity index (χ1n) is 6.80. The van der Waals surface area contributed by atoms with Gasteiger partial charge < -0.3 is 4.90 Å². The Morgan fingerprint density at radius 3 is 3.00 bits per heavy atom. The van der Waals surface area contributed by atoms with Crippen LogP contribution in [0.3, 0.4) is 0 Å². The van der Waals surface area contributed by atoms with Crippen molar-refractivity contribution < 1.29 is 9.18 Å². The molecule has 0 bridgehead atoms. The van der Waals surface area contributed by atoms with Crippen LogP contribution in [0.1, 0.15) is 31.2 Å². The zero-order chi connectivity index (χ0) is 13.7. The first kappa shape index (κ1) is 14.5. The average Bonchev–Trinajstić information content (AvgIpc) is 2.39. The molecule has 104 valence electrons. The highest BCUT2D eigenvalue weighted by molar-refractivity contribution is 9.09. The SMILES string of the molecule is O=C(Cc1cccc(F)c1)N1CCCCC1CCBr. The lowest BCUT2D eigenvalue weighted by molar-refractivity contribution is -0.134. The van der Waals surface area contributed by atoms with Crippen LogP contribution in [0.5, 0.6) is 0 Å². The van der Waals surface area contributed by atoms with E-state index >= 15 is 0 Å². The van der Waals surface area contributed by atoms with Crippen molar-refractivity contribution in [3.05, 3.63) is 35.6 Å². The van der Waals surface area contributed by atoms with Crippen molar-refractivity contribution in [1.82, 2.24) is 4.90 Å². The van der Waals surface area contributed by atoms with Crippen LogP contribution in [0.4, 0.5) is 4.39 Å². The molecule has 0 radical (unpaired) electrons. The lowest BCUT2D eigenvalue weighted by atomic mass is 9.99. The molecule has 1 unspecified atom stereocenters. The number of alkyl halides is 1. The van der Waals surface area contributed by atoms with Gasteiger partial charge in [-0.2, -0.15) is 0 Å². The third-order valence-corrected chi connectivity index (χ3v) is 4.09. The molecule has 1 aromatic rings. The summed E-state index contributed by atoms with van der Waals surface area (Å²) in [5, 5.41) is 0.918. The van der Waals surface area contributed by atoms with E-state index in [2.05, 4.69) is 15.9 Å². The van der Waals surface area contributed by atoms with Crippen molar-refractivity contribution in [2.45, 2.75) is 38.1 Å². The van der Waals surface area contributed by atoms with E-state index < -0.39 is 0 Å². The molecule has 1 atom stereocenters. The maximum absolute atomic E-state index is 13.1. The summed E-state index contributed by atoms with van der Waals surface area (Å²) in [5.41, 5.74) is 0.758. The number of nitrogens with zero attached hydrogens (tertiary/aromatic N) is 1. The summed E-state index contributed by atoms with van der Waals surface area (Å²) < 4.78 is 13.1. The monoisotopic (exact) mass is 327 g/mol. The minimum Gasteiger partial charge on any atom is -0.339 e. The molecule has 1 aliphatic rings. The van der Waals surface area contributed by atoms with Crippen LogP contribution in [-0.2, 0) is 11.2 Å². The van der Waals surface area contributed by atoms with Gasteiger partial charge in [0.2, 0.25) is 5.91 Å². The summed E-state index contributed by atoms with van der Waals surface area (Å²) in [7, 11) is 0. The number of hydrogen-bond donors (Lipinski definition) is 0. The van der Waals surface area contributed by atoms with Crippen LogP contribution in [0.2, 0.25) is 0 Å². The molecule has 1 aliphatic heterocycles. The van der Waals surface area contributed by atoms with Crippen molar-refractivity contribution in [1.29, 1.82) is 0 Å². The van der Waals surface area contributed by atoms with Gasteiger partial charge in [-0.3, -0.25) is 4.79 Å². The Bertz CT molecular complexity index is 436. The molecule has 2 rings (SSSR count). The standard InChI is InChI=1S/C15H19BrFNO/c16-8-7-14-6-1-2-9-18(14)15(19)11-12-4-3-5-13(17)10-12/h3-5,10,14H,1-2,6-9,11H2. The highest BCUT2D eigenvalue weighted by Gasteiger charge is 2.25. The van der Waals surface area contributed by atoms with E-state index in [-0.39, 0.29) is 11.7 Å². The number of hydrogen-bond acceptors (Lipinski definition) is 1. The summed E-state index contributed by atoms with van der Waals surface area (Å²) >= 11 is 3.45. The normalized spacial score (nSPS) is 19.5. The lowest BCUT2D eigenvalue weighted by Gasteiger charge is -2.35. The van der Waals surface area contributed by atoms with E-state index in [1.807, 2.05) is 11.0 Å². The molecule has 0 spiro atoms. The van der Waals surface area contributed by atoms with Gasteiger partial charge in [0.25, 0.3) is 0 Å². The molecule has 1 amide bonds. The Kier molecular flexibility index (Phi) is 5.37. The molecular formula is C15H19BrFNO. The smallest absolute Gasteiger partial charge is 0.227 e. The molecule has 0 aromatic heterocycles. The van der Waals surface area contributed by atoms with Crippen LogP contribution in [0, 0.1) is 5.82 Å². The van der Waals surface area contributed by atoms with E-state index in [0.717, 1.165) is 36.7 Å². The van der Waals surface area contributed by atoms with Crippen LogP contribution < -0.4 is 0 Å². The number of amides is 1. The van der Waals surface area contributed by atoms with Gasteiger partial charge in [0, 0.05) is 17.9 Å². The van der Waals surface area contributed by atoms with Crippen LogP contribution in [-0.4, -0.2) is 28.7 Å². The molecule has 2 nitrogen and oxygen atoms in total. The molecule has 1 aromatic carbocycles. The fraction of sp³-hybridized carbons (Fsp3) is 0.533. The molecule has 0 saturated carbocycles. The van der Waals surface area contributed by atoms with Gasteiger partial charge in [0.05, 0.1) is 6.42 Å². The van der Waals surface area contributed by atoms with Gasteiger partial charge in [0.1, 0.15) is 5.82 Å². The Hall–Kier alpha value is -0.900. The second-order valence-electron chi connectivity index (χ2n) is 5.02. The number of piperidine rings is 1. The summed E-state index contributed by atoms with van der Waals surface area (Å²) in [5.74, 6) is -0.155. The Morgan fingerprint density at radius 1 is 1.42 bits per heavy atom. The molecular weight excluding hydrogens is 309 g/mol. The predicted octanol–water partition coefficient (Wildman–Crippen LogP) is 3.53. The van der Waals surface area contributed by atoms with E-state index in [0.29, 0.717) is 12.5 Å². The van der Waals surface area contributed by atoms with Gasteiger partial charge in [-0.1, -0.05) is 28.1 Å². The summed E-state index contributed by atoms with van der Waals surface area (Å²) in [6.07, 6.45) is 4.65. The van der Waals surface area contributed by atoms with Crippen molar-refractivity contribution in [2.24, 2.45) is 0 Å². The molecule has 1 fully saturated rings. The summed E-state index contributed by atoms with van der Waals surface area (Å²) in [6.45, 7) is 0.839. The molecule has 19 heavy (non-hydrogen) atoms. The van der Waals surface area contributed by atoms with Gasteiger partial charge in [-0.05, 0) is 43.4 Å². The van der Waals surface area contributed by atoms with Gasteiger partial charge >= 0.3 is 0 Å². The first-order chi connectivity index (χ1) is 9.20. The van der Waals surface area contributed by atoms with Crippen molar-refractivity contribution in [2.75, 3.05) is 11.9 Å². The van der Waals surface area contributed by atoms with E-state index in [1.54, 1.807) is 6.07 Å². The van der Waals surface area contributed by atoms with Crippen molar-refractivity contribution in [3.63, 3.8) is 0 Å². The maximum atomic E-state index is 13.1. The lowest BCUT2D eigenvalue weighted by Crippen LogP contribution is -2.44. The number of rotatable bonds is 4. The molecule has 1 heterocycles. The van der Waals surface area contributed by atoms with Crippen LogP contribution in [0.15, 0.2) is 24.3 Å². The third kappa shape index (κ3) is 4.03. The second-order valence-corrected chi connectivity index (χ2v) is 5.81. The number of halogens is 2. The number of carbonyl (C=O) groups excluding carboxylic acids is 1.